The first kappa shape index (κ1) is 26.5. The molecule has 3 aromatic rings. The van der Waals surface area contributed by atoms with Gasteiger partial charge in [-0.1, -0.05) is 67.4 Å². The number of anilines is 2. The maximum Gasteiger partial charge on any atom is 0.243 e. The highest BCUT2D eigenvalue weighted by Gasteiger charge is 2.15. The maximum absolute atomic E-state index is 12.9. The molecule has 0 aliphatic heterocycles. The van der Waals surface area contributed by atoms with Gasteiger partial charge in [0.2, 0.25) is 5.91 Å². The summed E-state index contributed by atoms with van der Waals surface area (Å²) < 4.78 is 0. The number of hydrogen-bond acceptors (Lipinski definition) is 3. The van der Waals surface area contributed by atoms with Crippen molar-refractivity contribution in [3.63, 3.8) is 0 Å². The van der Waals surface area contributed by atoms with Crippen molar-refractivity contribution in [2.24, 2.45) is 5.73 Å². The number of amides is 1. The third-order valence-corrected chi connectivity index (χ3v) is 5.81. The van der Waals surface area contributed by atoms with Crippen LogP contribution in [0.4, 0.5) is 11.4 Å². The molecule has 5 nitrogen and oxygen atoms in total. The van der Waals surface area contributed by atoms with Crippen molar-refractivity contribution in [1.82, 2.24) is 0 Å². The SMILES string of the molecule is CC(C)c1ccc(NC(=O)CN(Cc2ccc(Cl)c(Cl)c2)c2cccc(C(=N)N)c2)cc1.Cl. The number of rotatable bonds is 8. The lowest BCUT2D eigenvalue weighted by molar-refractivity contribution is -0.115. The minimum atomic E-state index is -0.157. The molecule has 0 unspecified atom stereocenters. The molecule has 3 aromatic carbocycles. The number of amidine groups is 1. The minimum absolute atomic E-state index is 0. The molecule has 0 radical (unpaired) electrons. The van der Waals surface area contributed by atoms with Crippen molar-refractivity contribution in [2.45, 2.75) is 26.3 Å². The fourth-order valence-electron chi connectivity index (χ4n) is 3.29. The Balaban J connectivity index is 0.00000385. The first-order valence-corrected chi connectivity index (χ1v) is 11.0. The lowest BCUT2D eigenvalue weighted by Crippen LogP contribution is -2.33. The van der Waals surface area contributed by atoms with Gasteiger partial charge >= 0.3 is 0 Å². The Morgan fingerprint density at radius 1 is 1.03 bits per heavy atom. The van der Waals surface area contributed by atoms with Crippen LogP contribution in [-0.4, -0.2) is 18.3 Å². The summed E-state index contributed by atoms with van der Waals surface area (Å²) in [6, 6.07) is 20.5. The van der Waals surface area contributed by atoms with Gasteiger partial charge in [0.05, 0.1) is 16.6 Å². The number of halogens is 3. The van der Waals surface area contributed by atoms with E-state index in [0.29, 0.717) is 28.1 Å². The normalized spacial score (nSPS) is 10.5. The molecule has 0 heterocycles. The molecular weight excluding hydrogens is 479 g/mol. The average molecular weight is 506 g/mol. The van der Waals surface area contributed by atoms with Crippen LogP contribution in [0.2, 0.25) is 10.0 Å². The molecule has 8 heteroatoms. The lowest BCUT2D eigenvalue weighted by Gasteiger charge is -2.25. The van der Waals surface area contributed by atoms with E-state index in [0.717, 1.165) is 16.9 Å². The number of carbonyl (C=O) groups excluding carboxylic acids is 1. The van der Waals surface area contributed by atoms with E-state index < -0.39 is 0 Å². The summed E-state index contributed by atoms with van der Waals surface area (Å²) in [5.74, 6) is 0.238. The highest BCUT2D eigenvalue weighted by atomic mass is 35.5. The van der Waals surface area contributed by atoms with Gasteiger partial charge in [0.15, 0.2) is 0 Å². The Kier molecular flexibility index (Phi) is 9.59. The second-order valence-corrected chi connectivity index (χ2v) is 8.71. The second kappa shape index (κ2) is 11.9. The summed E-state index contributed by atoms with van der Waals surface area (Å²) >= 11 is 12.2. The van der Waals surface area contributed by atoms with Gasteiger partial charge in [0.25, 0.3) is 0 Å². The summed E-state index contributed by atoms with van der Waals surface area (Å²) in [4.78, 5) is 14.8. The van der Waals surface area contributed by atoms with E-state index in [1.807, 2.05) is 47.4 Å². The van der Waals surface area contributed by atoms with Crippen molar-refractivity contribution < 1.29 is 4.79 Å². The molecule has 174 valence electrons. The van der Waals surface area contributed by atoms with Crippen LogP contribution in [0.1, 0.15) is 36.5 Å². The Morgan fingerprint density at radius 2 is 1.73 bits per heavy atom. The first-order chi connectivity index (χ1) is 15.2. The summed E-state index contributed by atoms with van der Waals surface area (Å²) in [6.07, 6.45) is 0. The van der Waals surface area contributed by atoms with Crippen LogP contribution in [0.5, 0.6) is 0 Å². The third-order valence-electron chi connectivity index (χ3n) is 5.08. The van der Waals surface area contributed by atoms with Crippen molar-refractivity contribution in [3.05, 3.63) is 93.5 Å². The smallest absolute Gasteiger partial charge is 0.243 e. The first-order valence-electron chi connectivity index (χ1n) is 10.3. The summed E-state index contributed by atoms with van der Waals surface area (Å²) in [5.41, 5.74) is 9.88. The van der Waals surface area contributed by atoms with Crippen LogP contribution < -0.4 is 16.0 Å². The van der Waals surface area contributed by atoms with Gasteiger partial charge in [0.1, 0.15) is 5.84 Å². The fourth-order valence-corrected chi connectivity index (χ4v) is 3.61. The van der Waals surface area contributed by atoms with Gasteiger partial charge in [-0.25, -0.2) is 0 Å². The lowest BCUT2D eigenvalue weighted by atomic mass is 10.0. The van der Waals surface area contributed by atoms with Crippen molar-refractivity contribution in [1.29, 1.82) is 5.41 Å². The molecule has 0 fully saturated rings. The van der Waals surface area contributed by atoms with E-state index in [1.165, 1.54) is 5.56 Å². The van der Waals surface area contributed by atoms with E-state index in [-0.39, 0.29) is 30.7 Å². The van der Waals surface area contributed by atoms with Crippen LogP contribution in [0.3, 0.4) is 0 Å². The predicted octanol–water partition coefficient (Wildman–Crippen LogP) is 6.47. The van der Waals surface area contributed by atoms with Crippen molar-refractivity contribution >= 4 is 58.7 Å². The van der Waals surface area contributed by atoms with Crippen molar-refractivity contribution in [3.8, 4) is 0 Å². The highest BCUT2D eigenvalue weighted by Crippen LogP contribution is 2.25. The zero-order chi connectivity index (χ0) is 23.3. The number of nitrogens with two attached hydrogens (primary N) is 1. The van der Waals surface area contributed by atoms with Crippen LogP contribution in [0, 0.1) is 5.41 Å². The topological polar surface area (TPSA) is 82.2 Å². The molecule has 0 bridgehead atoms. The van der Waals surface area contributed by atoms with E-state index in [9.17, 15) is 4.79 Å². The molecule has 1 amide bonds. The fraction of sp³-hybridized carbons (Fsp3) is 0.200. The number of benzene rings is 3. The summed E-state index contributed by atoms with van der Waals surface area (Å²) in [7, 11) is 0. The molecule has 0 aromatic heterocycles. The van der Waals surface area contributed by atoms with Crippen LogP contribution in [0.15, 0.2) is 66.7 Å². The average Bonchev–Trinajstić information content (AvgIpc) is 2.76. The van der Waals surface area contributed by atoms with Gasteiger partial charge in [-0.05, 0) is 53.4 Å². The third kappa shape index (κ3) is 7.39. The van der Waals surface area contributed by atoms with E-state index in [4.69, 9.17) is 34.3 Å². The van der Waals surface area contributed by atoms with Crippen LogP contribution in [-0.2, 0) is 11.3 Å². The van der Waals surface area contributed by atoms with Gasteiger partial charge in [-0.15, -0.1) is 12.4 Å². The summed E-state index contributed by atoms with van der Waals surface area (Å²) in [6.45, 7) is 4.79. The molecular formula is C25H27Cl3N4O. The zero-order valence-corrected chi connectivity index (χ0v) is 20.8. The van der Waals surface area contributed by atoms with Gasteiger partial charge in [-0.3, -0.25) is 10.2 Å². The minimum Gasteiger partial charge on any atom is -0.384 e. The number of nitrogen functional groups attached to an aromatic ring is 1. The van der Waals surface area contributed by atoms with E-state index >= 15 is 0 Å². The molecule has 0 spiro atoms. The zero-order valence-electron chi connectivity index (χ0n) is 18.4. The summed E-state index contributed by atoms with van der Waals surface area (Å²) in [5, 5.41) is 11.6. The number of carbonyl (C=O) groups is 1. The Bertz CT molecular complexity index is 1120. The number of nitrogens with zero attached hydrogens (tertiary/aromatic N) is 1. The molecule has 4 N–H and O–H groups in total. The monoisotopic (exact) mass is 504 g/mol. The van der Waals surface area contributed by atoms with Gasteiger partial charge in [0, 0.05) is 23.5 Å². The number of hydrogen-bond donors (Lipinski definition) is 3. The van der Waals surface area contributed by atoms with Crippen LogP contribution in [0.25, 0.3) is 0 Å². The van der Waals surface area contributed by atoms with Crippen LogP contribution >= 0.6 is 35.6 Å². The van der Waals surface area contributed by atoms with Crippen molar-refractivity contribution in [2.75, 3.05) is 16.8 Å². The van der Waals surface area contributed by atoms with Gasteiger partial charge in [-0.2, -0.15) is 0 Å². The largest absolute Gasteiger partial charge is 0.384 e. The molecule has 3 rings (SSSR count). The second-order valence-electron chi connectivity index (χ2n) is 7.89. The van der Waals surface area contributed by atoms with E-state index in [1.54, 1.807) is 24.3 Å². The molecule has 0 saturated heterocycles. The van der Waals surface area contributed by atoms with Gasteiger partial charge < -0.3 is 16.0 Å². The van der Waals surface area contributed by atoms with E-state index in [2.05, 4.69) is 19.2 Å². The number of nitrogens with one attached hydrogen (secondary N) is 2. The highest BCUT2D eigenvalue weighted by molar-refractivity contribution is 6.42. The maximum atomic E-state index is 12.9. The molecule has 0 aliphatic rings. The predicted molar refractivity (Wildman–Crippen MR) is 141 cm³/mol. The standard InChI is InChI=1S/C25H26Cl2N4O.ClH/c1-16(2)18-7-9-20(10-8-18)30-24(32)15-31(14-17-6-11-22(26)23(27)12-17)21-5-3-4-19(13-21)25(28)29;/h3-13,16H,14-15H2,1-2H3,(H3,28,29)(H,30,32);1H. The Labute approximate surface area is 210 Å². The molecule has 0 saturated carbocycles. The molecule has 0 atom stereocenters. The quantitative estimate of drug-likeness (QED) is 0.242. The Hall–Kier alpha value is -2.73. The Morgan fingerprint density at radius 3 is 2.33 bits per heavy atom. The molecule has 0 aliphatic carbocycles. The molecule has 33 heavy (non-hydrogen) atoms.